The molecule has 0 spiro atoms. The Morgan fingerprint density at radius 3 is 2.39 bits per heavy atom. The quantitative estimate of drug-likeness (QED) is 0.307. The van der Waals surface area contributed by atoms with Crippen LogP contribution in [0.15, 0.2) is 78.2 Å². The summed E-state index contributed by atoms with van der Waals surface area (Å²) in [5.74, 6) is -0.169. The number of carbonyl (C=O) groups excluding carboxylic acids is 3. The van der Waals surface area contributed by atoms with E-state index in [9.17, 15) is 19.5 Å². The van der Waals surface area contributed by atoms with E-state index in [2.05, 4.69) is 20.8 Å². The minimum atomic E-state index is -0.945. The Morgan fingerprint density at radius 2 is 1.73 bits per heavy atom. The van der Waals surface area contributed by atoms with Crippen molar-refractivity contribution < 1.29 is 29.1 Å². The average molecular weight is 560 g/mol. The maximum Gasteiger partial charge on any atom is 0.254 e. The number of likely N-dealkylation sites (tertiary alicyclic amines) is 1. The number of aromatic nitrogens is 1. The number of aliphatic hydroxyl groups excluding tert-OH is 1. The molecule has 1 saturated heterocycles. The Morgan fingerprint density at radius 1 is 1.05 bits per heavy atom. The van der Waals surface area contributed by atoms with E-state index < -0.39 is 12.1 Å². The summed E-state index contributed by atoms with van der Waals surface area (Å²) in [4.78, 5) is 47.9. The summed E-state index contributed by atoms with van der Waals surface area (Å²) in [7, 11) is 1.44. The van der Waals surface area contributed by atoms with Gasteiger partial charge in [-0.05, 0) is 59.7 Å². The van der Waals surface area contributed by atoms with E-state index >= 15 is 0 Å². The van der Waals surface area contributed by atoms with Gasteiger partial charge in [0.05, 0.1) is 12.3 Å². The van der Waals surface area contributed by atoms with Crippen molar-refractivity contribution in [2.24, 2.45) is 5.16 Å². The molecular formula is C30H33N5O6. The number of hydrogen-bond donors (Lipinski definition) is 3. The molecule has 214 valence electrons. The summed E-state index contributed by atoms with van der Waals surface area (Å²) in [6.07, 6.45) is 2.93. The summed E-state index contributed by atoms with van der Waals surface area (Å²) in [5.41, 5.74) is 3.77. The maximum atomic E-state index is 13.4. The third kappa shape index (κ3) is 8.36. The first-order valence-corrected chi connectivity index (χ1v) is 13.2. The summed E-state index contributed by atoms with van der Waals surface area (Å²) < 4.78 is 5.57. The van der Waals surface area contributed by atoms with Gasteiger partial charge in [-0.1, -0.05) is 17.3 Å². The molecule has 0 bridgehead atoms. The molecule has 3 aromatic rings. The van der Waals surface area contributed by atoms with Crippen molar-refractivity contribution in [2.75, 3.05) is 32.1 Å². The molecule has 2 heterocycles. The second-order valence-electron chi connectivity index (χ2n) is 9.62. The number of oxime groups is 1. The first-order valence-electron chi connectivity index (χ1n) is 13.2. The monoisotopic (exact) mass is 559 g/mol. The van der Waals surface area contributed by atoms with E-state index in [4.69, 9.17) is 9.57 Å². The molecule has 4 rings (SSSR count). The fraction of sp³-hybridized carbons (Fsp3) is 0.300. The van der Waals surface area contributed by atoms with Crippen LogP contribution in [0.5, 0.6) is 5.75 Å². The number of aliphatic hydroxyl groups is 1. The van der Waals surface area contributed by atoms with Crippen LogP contribution >= 0.6 is 0 Å². The lowest BCUT2D eigenvalue weighted by atomic mass is 10.0. The molecule has 1 aliphatic heterocycles. The van der Waals surface area contributed by atoms with Crippen molar-refractivity contribution >= 4 is 29.1 Å². The number of nitrogens with zero attached hydrogens (tertiary/aromatic N) is 3. The third-order valence-corrected chi connectivity index (χ3v) is 6.46. The minimum absolute atomic E-state index is 0.0149. The van der Waals surface area contributed by atoms with Gasteiger partial charge in [-0.15, -0.1) is 0 Å². The van der Waals surface area contributed by atoms with Gasteiger partial charge >= 0.3 is 0 Å². The van der Waals surface area contributed by atoms with Crippen LogP contribution in [0.1, 0.15) is 30.1 Å². The number of rotatable bonds is 11. The lowest BCUT2D eigenvalue weighted by Gasteiger charge is -2.24. The molecule has 0 saturated carbocycles. The van der Waals surface area contributed by atoms with Gasteiger partial charge in [0, 0.05) is 56.0 Å². The Bertz CT molecular complexity index is 1360. The standard InChI is InChI=1S/C30H33N5O6/c1-20(36)33-24-7-9-28(10-8-24)41-19-27(37)17-32-29(38)16-26-15-25(34-40-2)18-35(26)30(39)23-5-3-21(4-6-23)22-11-13-31-14-12-22/h3-14,26-27,37H,15-19H2,1-2H3,(H,32,38)(H,33,36)/t26-,27?/m0/s1. The molecule has 1 unspecified atom stereocenters. The van der Waals surface area contributed by atoms with E-state index in [1.54, 1.807) is 53.7 Å². The van der Waals surface area contributed by atoms with E-state index in [-0.39, 0.29) is 43.8 Å². The van der Waals surface area contributed by atoms with Gasteiger partial charge in [0.15, 0.2) is 0 Å². The van der Waals surface area contributed by atoms with Gasteiger partial charge in [-0.2, -0.15) is 0 Å². The minimum Gasteiger partial charge on any atom is -0.491 e. The average Bonchev–Trinajstić information content (AvgIpc) is 3.37. The van der Waals surface area contributed by atoms with Gasteiger partial charge in [-0.3, -0.25) is 19.4 Å². The van der Waals surface area contributed by atoms with E-state index in [0.717, 1.165) is 11.1 Å². The first-order chi connectivity index (χ1) is 19.8. The number of amides is 3. The smallest absolute Gasteiger partial charge is 0.254 e. The first kappa shape index (κ1) is 29.2. The molecule has 1 fully saturated rings. The van der Waals surface area contributed by atoms with Crippen LogP contribution in [0, 0.1) is 0 Å². The fourth-order valence-electron chi connectivity index (χ4n) is 4.51. The Labute approximate surface area is 238 Å². The van der Waals surface area contributed by atoms with Crippen molar-refractivity contribution in [1.82, 2.24) is 15.2 Å². The number of hydrogen-bond acceptors (Lipinski definition) is 8. The van der Waals surface area contributed by atoms with E-state index in [1.165, 1.54) is 14.0 Å². The molecule has 41 heavy (non-hydrogen) atoms. The molecule has 11 nitrogen and oxygen atoms in total. The van der Waals surface area contributed by atoms with Crippen LogP contribution in [0.4, 0.5) is 5.69 Å². The summed E-state index contributed by atoms with van der Waals surface area (Å²) >= 11 is 0. The molecule has 0 radical (unpaired) electrons. The number of nitrogens with one attached hydrogen (secondary N) is 2. The summed E-state index contributed by atoms with van der Waals surface area (Å²) in [6, 6.07) is 17.4. The highest BCUT2D eigenvalue weighted by Gasteiger charge is 2.35. The Balaban J connectivity index is 1.30. The van der Waals surface area contributed by atoms with E-state index in [1.807, 2.05) is 24.3 Å². The van der Waals surface area contributed by atoms with Gasteiger partial charge in [-0.25, -0.2) is 0 Å². The largest absolute Gasteiger partial charge is 0.491 e. The lowest BCUT2D eigenvalue weighted by molar-refractivity contribution is -0.122. The summed E-state index contributed by atoms with van der Waals surface area (Å²) in [5, 5.41) is 19.7. The highest BCUT2D eigenvalue weighted by molar-refractivity contribution is 6.01. The van der Waals surface area contributed by atoms with Crippen molar-refractivity contribution in [1.29, 1.82) is 0 Å². The van der Waals surface area contributed by atoms with Crippen LogP contribution in [0.2, 0.25) is 0 Å². The third-order valence-electron chi connectivity index (χ3n) is 6.46. The van der Waals surface area contributed by atoms with Crippen LogP contribution < -0.4 is 15.4 Å². The molecule has 3 N–H and O–H groups in total. The predicted molar refractivity (Wildman–Crippen MR) is 153 cm³/mol. The van der Waals surface area contributed by atoms with Gasteiger partial charge in [0.1, 0.15) is 25.6 Å². The zero-order chi connectivity index (χ0) is 29.2. The summed E-state index contributed by atoms with van der Waals surface area (Å²) in [6.45, 7) is 1.63. The lowest BCUT2D eigenvalue weighted by Crippen LogP contribution is -2.41. The molecule has 11 heteroatoms. The normalized spacial score (nSPS) is 16.2. The molecule has 0 aliphatic carbocycles. The fourth-order valence-corrected chi connectivity index (χ4v) is 4.51. The van der Waals surface area contributed by atoms with Crippen LogP contribution in [-0.2, 0) is 14.4 Å². The zero-order valence-corrected chi connectivity index (χ0v) is 22.9. The molecule has 1 aromatic heterocycles. The maximum absolute atomic E-state index is 13.4. The van der Waals surface area contributed by atoms with Crippen LogP contribution in [-0.4, -0.2) is 77.4 Å². The molecule has 2 aromatic carbocycles. The van der Waals surface area contributed by atoms with Crippen LogP contribution in [0.25, 0.3) is 11.1 Å². The second-order valence-corrected chi connectivity index (χ2v) is 9.62. The van der Waals surface area contributed by atoms with Crippen LogP contribution in [0.3, 0.4) is 0 Å². The molecule has 2 atom stereocenters. The zero-order valence-electron chi connectivity index (χ0n) is 22.9. The number of pyridine rings is 1. The molecule has 3 amide bonds. The van der Waals surface area contributed by atoms with E-state index in [0.29, 0.717) is 29.1 Å². The van der Waals surface area contributed by atoms with Crippen molar-refractivity contribution in [3.8, 4) is 16.9 Å². The second kappa shape index (κ2) is 14.0. The van der Waals surface area contributed by atoms with Crippen molar-refractivity contribution in [3.05, 3.63) is 78.6 Å². The molecule has 1 aliphatic rings. The highest BCUT2D eigenvalue weighted by Crippen LogP contribution is 2.24. The Hall–Kier alpha value is -4.77. The number of benzene rings is 2. The topological polar surface area (TPSA) is 142 Å². The predicted octanol–water partition coefficient (Wildman–Crippen LogP) is 2.87. The van der Waals surface area contributed by atoms with Crippen molar-refractivity contribution in [3.63, 3.8) is 0 Å². The van der Waals surface area contributed by atoms with Gasteiger partial charge in [0.2, 0.25) is 11.8 Å². The number of carbonyl (C=O) groups is 3. The van der Waals surface area contributed by atoms with Crippen molar-refractivity contribution in [2.45, 2.75) is 31.9 Å². The number of anilines is 1. The highest BCUT2D eigenvalue weighted by atomic mass is 16.6. The Kier molecular flexibility index (Phi) is 10.0. The number of ether oxygens (including phenoxy) is 1. The van der Waals surface area contributed by atoms with Gasteiger partial charge in [0.25, 0.3) is 5.91 Å². The van der Waals surface area contributed by atoms with Gasteiger partial charge < -0.3 is 30.2 Å². The molecular weight excluding hydrogens is 526 g/mol. The SMILES string of the molecule is CON=C1C[C@@H](CC(=O)NCC(O)COc2ccc(NC(C)=O)cc2)N(C(=O)c2ccc(-c3ccncc3)cc2)C1.